The molecule has 1 saturated heterocycles. The molecule has 0 aromatic heterocycles. The van der Waals surface area contributed by atoms with E-state index < -0.39 is 0 Å². The van der Waals surface area contributed by atoms with E-state index in [1.807, 2.05) is 0 Å². The molecule has 3 heteroatoms. The van der Waals surface area contributed by atoms with Crippen LogP contribution in [0.2, 0.25) is 0 Å². The van der Waals surface area contributed by atoms with Crippen LogP contribution in [0.3, 0.4) is 0 Å². The molecule has 3 nitrogen and oxygen atoms in total. The summed E-state index contributed by atoms with van der Waals surface area (Å²) in [6, 6.07) is 0.388. The predicted molar refractivity (Wildman–Crippen MR) is 53.5 cm³/mol. The molecule has 0 aliphatic carbocycles. The van der Waals surface area contributed by atoms with E-state index in [0.29, 0.717) is 12.5 Å². The predicted octanol–water partition coefficient (Wildman–Crippen LogP) is 0.821. The van der Waals surface area contributed by atoms with Gasteiger partial charge in [-0.1, -0.05) is 6.08 Å². The minimum absolute atomic E-state index is 0.159. The molecule has 0 bridgehead atoms. The van der Waals surface area contributed by atoms with E-state index in [-0.39, 0.29) is 5.91 Å². The summed E-state index contributed by atoms with van der Waals surface area (Å²) in [5.74, 6) is 0.159. The number of amides is 1. The van der Waals surface area contributed by atoms with Gasteiger partial charge in [0.1, 0.15) is 0 Å². The largest absolute Gasteiger partial charge is 0.353 e. The highest BCUT2D eigenvalue weighted by atomic mass is 16.1. The van der Waals surface area contributed by atoms with Crippen molar-refractivity contribution in [2.45, 2.75) is 31.7 Å². The quantitative estimate of drug-likeness (QED) is 0.632. The third-order valence-corrected chi connectivity index (χ3v) is 2.28. The Balaban J connectivity index is 2.14. The smallest absolute Gasteiger partial charge is 0.220 e. The van der Waals surface area contributed by atoms with Crippen LogP contribution in [0, 0.1) is 0 Å². The molecule has 1 aliphatic heterocycles. The lowest BCUT2D eigenvalue weighted by Gasteiger charge is -2.23. The lowest BCUT2D eigenvalue weighted by atomic mass is 10.1. The molecule has 0 saturated carbocycles. The zero-order chi connectivity index (χ0) is 9.52. The number of allylic oxidation sites excluding steroid dienone is 1. The first-order valence-corrected chi connectivity index (χ1v) is 4.94. The van der Waals surface area contributed by atoms with Crippen LogP contribution in [-0.4, -0.2) is 25.0 Å². The van der Waals surface area contributed by atoms with Gasteiger partial charge < -0.3 is 10.6 Å². The van der Waals surface area contributed by atoms with Gasteiger partial charge in [-0.15, -0.1) is 6.58 Å². The minimum Gasteiger partial charge on any atom is -0.353 e. The maximum Gasteiger partial charge on any atom is 0.220 e. The topological polar surface area (TPSA) is 41.1 Å². The number of carbonyl (C=O) groups is 1. The molecule has 1 rings (SSSR count). The highest BCUT2D eigenvalue weighted by Gasteiger charge is 2.14. The van der Waals surface area contributed by atoms with E-state index in [2.05, 4.69) is 17.2 Å². The summed E-state index contributed by atoms with van der Waals surface area (Å²) in [7, 11) is 0. The van der Waals surface area contributed by atoms with Gasteiger partial charge in [0, 0.05) is 12.5 Å². The zero-order valence-corrected chi connectivity index (χ0v) is 8.01. The summed E-state index contributed by atoms with van der Waals surface area (Å²) < 4.78 is 0. The Morgan fingerprint density at radius 3 is 2.85 bits per heavy atom. The molecular weight excluding hydrogens is 164 g/mol. The average molecular weight is 182 g/mol. The Hall–Kier alpha value is -0.830. The molecule has 0 atom stereocenters. The Labute approximate surface area is 79.6 Å². The van der Waals surface area contributed by atoms with Gasteiger partial charge in [0.2, 0.25) is 5.91 Å². The van der Waals surface area contributed by atoms with Crippen LogP contribution >= 0.6 is 0 Å². The summed E-state index contributed by atoms with van der Waals surface area (Å²) >= 11 is 0. The second-order valence-corrected chi connectivity index (χ2v) is 3.42. The van der Waals surface area contributed by atoms with Gasteiger partial charge in [-0.25, -0.2) is 0 Å². The van der Waals surface area contributed by atoms with Crippen LogP contribution in [0.1, 0.15) is 25.7 Å². The molecular formula is C10H18N2O. The van der Waals surface area contributed by atoms with Gasteiger partial charge >= 0.3 is 0 Å². The van der Waals surface area contributed by atoms with Gasteiger partial charge in [-0.2, -0.15) is 0 Å². The van der Waals surface area contributed by atoms with Gasteiger partial charge in [0.05, 0.1) is 0 Å². The number of hydrogen-bond donors (Lipinski definition) is 2. The monoisotopic (exact) mass is 182 g/mol. The van der Waals surface area contributed by atoms with E-state index in [4.69, 9.17) is 0 Å². The van der Waals surface area contributed by atoms with Gasteiger partial charge in [0.15, 0.2) is 0 Å². The summed E-state index contributed by atoms with van der Waals surface area (Å²) in [6.45, 7) is 5.63. The number of nitrogens with one attached hydrogen (secondary N) is 2. The van der Waals surface area contributed by atoms with Crippen LogP contribution in [0.5, 0.6) is 0 Å². The molecule has 2 N–H and O–H groups in total. The number of hydrogen-bond acceptors (Lipinski definition) is 2. The van der Waals surface area contributed by atoms with Crippen molar-refractivity contribution in [1.82, 2.24) is 10.6 Å². The fraction of sp³-hybridized carbons (Fsp3) is 0.700. The summed E-state index contributed by atoms with van der Waals surface area (Å²) in [5, 5.41) is 6.29. The van der Waals surface area contributed by atoms with Crippen LogP contribution in [0.4, 0.5) is 0 Å². The van der Waals surface area contributed by atoms with E-state index >= 15 is 0 Å². The van der Waals surface area contributed by atoms with Crippen molar-refractivity contribution in [2.24, 2.45) is 0 Å². The normalized spacial score (nSPS) is 18.2. The SMILES string of the molecule is C=CCCC(=O)NC1CCNCC1. The molecule has 1 aliphatic rings. The molecule has 0 spiro atoms. The molecule has 0 aromatic rings. The van der Waals surface area contributed by atoms with Crippen molar-refractivity contribution in [1.29, 1.82) is 0 Å². The van der Waals surface area contributed by atoms with E-state index in [0.717, 1.165) is 32.4 Å². The Morgan fingerprint density at radius 1 is 1.54 bits per heavy atom. The molecule has 1 fully saturated rings. The highest BCUT2D eigenvalue weighted by Crippen LogP contribution is 2.02. The molecule has 1 heterocycles. The van der Waals surface area contributed by atoms with Crippen LogP contribution in [0.25, 0.3) is 0 Å². The third kappa shape index (κ3) is 4.08. The highest BCUT2D eigenvalue weighted by molar-refractivity contribution is 5.76. The van der Waals surface area contributed by atoms with Crippen molar-refractivity contribution in [3.8, 4) is 0 Å². The molecule has 1 amide bonds. The van der Waals surface area contributed by atoms with Gasteiger partial charge in [-0.05, 0) is 32.4 Å². The van der Waals surface area contributed by atoms with Crippen LogP contribution in [-0.2, 0) is 4.79 Å². The van der Waals surface area contributed by atoms with Crippen molar-refractivity contribution in [3.63, 3.8) is 0 Å². The maximum atomic E-state index is 11.3. The van der Waals surface area contributed by atoms with Crippen LogP contribution in [0.15, 0.2) is 12.7 Å². The molecule has 0 unspecified atom stereocenters. The maximum absolute atomic E-state index is 11.3. The lowest BCUT2D eigenvalue weighted by molar-refractivity contribution is -0.121. The molecule has 0 aromatic carbocycles. The van der Waals surface area contributed by atoms with E-state index in [1.54, 1.807) is 6.08 Å². The molecule has 13 heavy (non-hydrogen) atoms. The van der Waals surface area contributed by atoms with E-state index in [9.17, 15) is 4.79 Å². The Bertz CT molecular complexity index is 174. The summed E-state index contributed by atoms with van der Waals surface area (Å²) in [4.78, 5) is 11.3. The fourth-order valence-corrected chi connectivity index (χ4v) is 1.50. The second-order valence-electron chi connectivity index (χ2n) is 3.42. The first-order chi connectivity index (χ1) is 6.33. The second kappa shape index (κ2) is 5.75. The zero-order valence-electron chi connectivity index (χ0n) is 8.01. The summed E-state index contributed by atoms with van der Waals surface area (Å²) in [6.07, 6.45) is 5.24. The first kappa shape index (κ1) is 10.3. The minimum atomic E-state index is 0.159. The first-order valence-electron chi connectivity index (χ1n) is 4.94. The Morgan fingerprint density at radius 2 is 2.23 bits per heavy atom. The fourth-order valence-electron chi connectivity index (χ4n) is 1.50. The third-order valence-electron chi connectivity index (χ3n) is 2.28. The number of carbonyl (C=O) groups excluding carboxylic acids is 1. The Kier molecular flexibility index (Phi) is 4.54. The number of piperidine rings is 1. The molecule has 0 radical (unpaired) electrons. The van der Waals surface area contributed by atoms with E-state index in [1.165, 1.54) is 0 Å². The van der Waals surface area contributed by atoms with Gasteiger partial charge in [0.25, 0.3) is 0 Å². The van der Waals surface area contributed by atoms with Crippen LogP contribution < -0.4 is 10.6 Å². The van der Waals surface area contributed by atoms with Crippen molar-refractivity contribution >= 4 is 5.91 Å². The van der Waals surface area contributed by atoms with Crippen molar-refractivity contribution in [3.05, 3.63) is 12.7 Å². The number of rotatable bonds is 4. The van der Waals surface area contributed by atoms with Crippen molar-refractivity contribution < 1.29 is 4.79 Å². The van der Waals surface area contributed by atoms with Crippen molar-refractivity contribution in [2.75, 3.05) is 13.1 Å². The summed E-state index contributed by atoms with van der Waals surface area (Å²) in [5.41, 5.74) is 0. The lowest BCUT2D eigenvalue weighted by Crippen LogP contribution is -2.42. The average Bonchev–Trinajstić information content (AvgIpc) is 2.16. The van der Waals surface area contributed by atoms with Gasteiger partial charge in [-0.3, -0.25) is 4.79 Å². The standard InChI is InChI=1S/C10H18N2O/c1-2-3-4-10(13)12-9-5-7-11-8-6-9/h2,9,11H,1,3-8H2,(H,12,13). The molecule has 74 valence electrons.